The molecule has 0 aliphatic carbocycles. The molecule has 1 saturated heterocycles. The van der Waals surface area contributed by atoms with Crippen molar-refractivity contribution in [3.05, 3.63) is 29.3 Å². The second kappa shape index (κ2) is 5.85. The standard InChI is InChI=1S/C14H17ClN2O2S2/c1-9-4-5-16-8-12(9)17-21(18,19)14-7-10-6-11(15)2-3-13(10)20-14/h2-3,6-7,9,12,16-17H,4-5,8H2,1H3. The van der Waals surface area contributed by atoms with Gasteiger partial charge in [0.2, 0.25) is 10.0 Å². The van der Waals surface area contributed by atoms with Crippen LogP contribution in [0.4, 0.5) is 0 Å². The number of thiophene rings is 1. The first kappa shape index (κ1) is 15.2. The molecule has 0 bridgehead atoms. The fraction of sp³-hybridized carbons (Fsp3) is 0.429. The Hall–Kier alpha value is -0.660. The molecule has 2 heterocycles. The third-order valence-electron chi connectivity index (χ3n) is 3.85. The van der Waals surface area contributed by atoms with Gasteiger partial charge in [-0.3, -0.25) is 0 Å². The van der Waals surface area contributed by atoms with Crippen molar-refractivity contribution in [2.75, 3.05) is 13.1 Å². The van der Waals surface area contributed by atoms with Crippen LogP contribution in [0.1, 0.15) is 13.3 Å². The van der Waals surface area contributed by atoms with Gasteiger partial charge in [-0.15, -0.1) is 11.3 Å². The fourth-order valence-electron chi connectivity index (χ4n) is 2.53. The lowest BCUT2D eigenvalue weighted by molar-refractivity contribution is 0.327. The van der Waals surface area contributed by atoms with Gasteiger partial charge >= 0.3 is 0 Å². The highest BCUT2D eigenvalue weighted by atomic mass is 35.5. The van der Waals surface area contributed by atoms with E-state index in [4.69, 9.17) is 11.6 Å². The third-order valence-corrected chi connectivity index (χ3v) is 7.17. The monoisotopic (exact) mass is 344 g/mol. The van der Waals surface area contributed by atoms with Gasteiger partial charge in [0.25, 0.3) is 0 Å². The highest BCUT2D eigenvalue weighted by Gasteiger charge is 2.27. The van der Waals surface area contributed by atoms with Crippen LogP contribution < -0.4 is 10.0 Å². The molecule has 0 radical (unpaired) electrons. The Kier molecular flexibility index (Phi) is 4.25. The molecule has 21 heavy (non-hydrogen) atoms. The molecule has 2 aromatic rings. The zero-order valence-electron chi connectivity index (χ0n) is 11.6. The van der Waals surface area contributed by atoms with Crippen LogP contribution in [0.5, 0.6) is 0 Å². The molecule has 2 unspecified atom stereocenters. The van der Waals surface area contributed by atoms with Crippen LogP contribution in [0.25, 0.3) is 10.1 Å². The quantitative estimate of drug-likeness (QED) is 0.900. The molecule has 2 N–H and O–H groups in total. The van der Waals surface area contributed by atoms with Crippen molar-refractivity contribution < 1.29 is 8.42 Å². The number of benzene rings is 1. The average Bonchev–Trinajstić information content (AvgIpc) is 2.85. The molecule has 7 heteroatoms. The topological polar surface area (TPSA) is 58.2 Å². The molecule has 0 amide bonds. The SMILES string of the molecule is CC1CCNCC1NS(=O)(=O)c1cc2cc(Cl)ccc2s1. The number of halogens is 1. The number of piperidine rings is 1. The van der Waals surface area contributed by atoms with Crippen LogP contribution in [0.15, 0.2) is 28.5 Å². The van der Waals surface area contributed by atoms with Gasteiger partial charge in [0.1, 0.15) is 4.21 Å². The predicted octanol–water partition coefficient (Wildman–Crippen LogP) is 2.83. The summed E-state index contributed by atoms with van der Waals surface area (Å²) in [5.41, 5.74) is 0. The number of fused-ring (bicyclic) bond motifs is 1. The average molecular weight is 345 g/mol. The van der Waals surface area contributed by atoms with E-state index in [1.807, 2.05) is 6.07 Å². The van der Waals surface area contributed by atoms with Crippen LogP contribution in [0, 0.1) is 5.92 Å². The summed E-state index contributed by atoms with van der Waals surface area (Å²) < 4.78 is 29.2. The Morgan fingerprint density at radius 1 is 1.38 bits per heavy atom. The smallest absolute Gasteiger partial charge is 0.250 e. The van der Waals surface area contributed by atoms with Gasteiger partial charge in [-0.2, -0.15) is 0 Å². The van der Waals surface area contributed by atoms with Gasteiger partial charge < -0.3 is 5.32 Å². The first-order valence-corrected chi connectivity index (χ1v) is 9.55. The molecule has 0 saturated carbocycles. The van der Waals surface area contributed by atoms with E-state index in [0.717, 1.165) is 23.1 Å². The van der Waals surface area contributed by atoms with Crippen molar-refractivity contribution >= 4 is 43.0 Å². The molecule has 1 aromatic carbocycles. The van der Waals surface area contributed by atoms with Gasteiger partial charge in [0.15, 0.2) is 0 Å². The lowest BCUT2D eigenvalue weighted by Gasteiger charge is -2.29. The molecule has 0 spiro atoms. The summed E-state index contributed by atoms with van der Waals surface area (Å²) >= 11 is 7.22. The van der Waals surface area contributed by atoms with E-state index in [0.29, 0.717) is 21.7 Å². The Morgan fingerprint density at radius 3 is 2.95 bits per heavy atom. The predicted molar refractivity (Wildman–Crippen MR) is 87.6 cm³/mol. The van der Waals surface area contributed by atoms with Gasteiger partial charge in [-0.25, -0.2) is 13.1 Å². The molecule has 2 atom stereocenters. The van der Waals surface area contributed by atoms with E-state index in [-0.39, 0.29) is 6.04 Å². The van der Waals surface area contributed by atoms with Crippen molar-refractivity contribution in [2.45, 2.75) is 23.6 Å². The lowest BCUT2D eigenvalue weighted by atomic mass is 9.96. The summed E-state index contributed by atoms with van der Waals surface area (Å²) in [6.07, 6.45) is 0.981. The van der Waals surface area contributed by atoms with Crippen molar-refractivity contribution in [1.29, 1.82) is 0 Å². The Labute approximate surface area is 133 Å². The van der Waals surface area contributed by atoms with Gasteiger partial charge in [0.05, 0.1) is 0 Å². The Morgan fingerprint density at radius 2 is 2.19 bits per heavy atom. The lowest BCUT2D eigenvalue weighted by Crippen LogP contribution is -2.49. The van der Waals surface area contributed by atoms with E-state index >= 15 is 0 Å². The maximum atomic E-state index is 12.5. The fourth-order valence-corrected chi connectivity index (χ4v) is 5.45. The minimum Gasteiger partial charge on any atom is -0.315 e. The normalized spacial score (nSPS) is 23.5. The van der Waals surface area contributed by atoms with Crippen molar-refractivity contribution in [3.63, 3.8) is 0 Å². The van der Waals surface area contributed by atoms with Gasteiger partial charge in [-0.1, -0.05) is 18.5 Å². The number of rotatable bonds is 3. The number of nitrogens with one attached hydrogen (secondary N) is 2. The number of hydrogen-bond donors (Lipinski definition) is 2. The van der Waals surface area contributed by atoms with Crippen LogP contribution in [0.3, 0.4) is 0 Å². The largest absolute Gasteiger partial charge is 0.315 e. The van der Waals surface area contributed by atoms with E-state index in [1.54, 1.807) is 18.2 Å². The van der Waals surface area contributed by atoms with Gasteiger partial charge in [0, 0.05) is 22.3 Å². The van der Waals surface area contributed by atoms with Crippen LogP contribution in [-0.2, 0) is 10.0 Å². The zero-order valence-corrected chi connectivity index (χ0v) is 14.0. The van der Waals surface area contributed by atoms with Gasteiger partial charge in [-0.05, 0) is 48.5 Å². The molecule has 114 valence electrons. The minimum atomic E-state index is -3.48. The third kappa shape index (κ3) is 3.24. The van der Waals surface area contributed by atoms with Crippen LogP contribution in [0.2, 0.25) is 5.02 Å². The second-order valence-corrected chi connectivity index (χ2v) is 8.91. The maximum Gasteiger partial charge on any atom is 0.250 e. The summed E-state index contributed by atoms with van der Waals surface area (Å²) in [7, 11) is -3.48. The summed E-state index contributed by atoms with van der Waals surface area (Å²) in [5, 5.41) is 4.71. The maximum absolute atomic E-state index is 12.5. The first-order chi connectivity index (χ1) is 9.95. The number of hydrogen-bond acceptors (Lipinski definition) is 4. The van der Waals surface area contributed by atoms with Crippen molar-refractivity contribution in [1.82, 2.24) is 10.0 Å². The molecule has 1 aliphatic rings. The summed E-state index contributed by atoms with van der Waals surface area (Å²) in [6, 6.07) is 7.05. The second-order valence-electron chi connectivity index (χ2n) is 5.45. The highest BCUT2D eigenvalue weighted by Crippen LogP contribution is 2.31. The highest BCUT2D eigenvalue weighted by molar-refractivity contribution is 7.91. The summed E-state index contributed by atoms with van der Waals surface area (Å²) in [4.78, 5) is 0. The molecular weight excluding hydrogens is 328 g/mol. The molecule has 1 fully saturated rings. The molecule has 1 aliphatic heterocycles. The van der Waals surface area contributed by atoms with Crippen LogP contribution in [-0.4, -0.2) is 27.5 Å². The zero-order chi connectivity index (χ0) is 15.0. The molecule has 4 nitrogen and oxygen atoms in total. The summed E-state index contributed by atoms with van der Waals surface area (Å²) in [6.45, 7) is 3.70. The van der Waals surface area contributed by atoms with Crippen LogP contribution >= 0.6 is 22.9 Å². The Bertz CT molecular complexity index is 757. The van der Waals surface area contributed by atoms with Crippen molar-refractivity contribution in [3.8, 4) is 0 Å². The first-order valence-electron chi connectivity index (χ1n) is 6.88. The molecular formula is C14H17ClN2O2S2. The van der Waals surface area contributed by atoms with E-state index in [9.17, 15) is 8.42 Å². The van der Waals surface area contributed by atoms with E-state index in [2.05, 4.69) is 17.0 Å². The van der Waals surface area contributed by atoms with E-state index < -0.39 is 10.0 Å². The van der Waals surface area contributed by atoms with Crippen molar-refractivity contribution in [2.24, 2.45) is 5.92 Å². The minimum absolute atomic E-state index is 0.0578. The Balaban J connectivity index is 1.88. The molecule has 1 aromatic heterocycles. The number of sulfonamides is 1. The molecule has 3 rings (SSSR count). The van der Waals surface area contributed by atoms with E-state index in [1.165, 1.54) is 11.3 Å². The summed E-state index contributed by atoms with van der Waals surface area (Å²) in [5.74, 6) is 0.338.